The fourth-order valence-electron chi connectivity index (χ4n) is 4.58. The van der Waals surface area contributed by atoms with Crippen LogP contribution in [-0.4, -0.2) is 37.9 Å². The Kier molecular flexibility index (Phi) is 7.82. The summed E-state index contributed by atoms with van der Waals surface area (Å²) in [6.45, 7) is 17.8. The quantitative estimate of drug-likeness (QED) is 0.219. The highest BCUT2D eigenvalue weighted by molar-refractivity contribution is 6.03. The number of allylic oxidation sites excluding steroid dienone is 1. The van der Waals surface area contributed by atoms with Crippen LogP contribution in [0, 0.1) is 0 Å². The molecule has 0 atom stereocenters. The highest BCUT2D eigenvalue weighted by Gasteiger charge is 2.28. The molecule has 36 heavy (non-hydrogen) atoms. The number of carbonyl (C=O) groups is 1. The number of carbonyl (C=O) groups excluding carboxylic acids is 1. The third-order valence-electron chi connectivity index (χ3n) is 6.47. The van der Waals surface area contributed by atoms with Crippen molar-refractivity contribution in [2.75, 3.05) is 0 Å². The molecule has 1 aromatic carbocycles. The number of hydrogen-bond acceptors (Lipinski definition) is 4. The Labute approximate surface area is 213 Å². The maximum absolute atomic E-state index is 15.0. The predicted molar refractivity (Wildman–Crippen MR) is 148 cm³/mol. The van der Waals surface area contributed by atoms with E-state index in [2.05, 4.69) is 51.1 Å². The van der Waals surface area contributed by atoms with E-state index in [1.807, 2.05) is 31.2 Å². The Morgan fingerprint density at radius 1 is 1.28 bits per heavy atom. The summed E-state index contributed by atoms with van der Waals surface area (Å²) < 4.78 is 15.0. The Hall–Kier alpha value is -3.74. The fourth-order valence-corrected chi connectivity index (χ4v) is 4.58. The molecule has 6 nitrogen and oxygen atoms in total. The first kappa shape index (κ1) is 26.9. The molecule has 0 radical (unpaired) electrons. The number of aromatic nitrogens is 2. The first-order chi connectivity index (χ1) is 16.9. The molecule has 0 spiro atoms. The van der Waals surface area contributed by atoms with E-state index >= 15 is 0 Å². The summed E-state index contributed by atoms with van der Waals surface area (Å²) in [6.07, 6.45) is 5.41. The van der Waals surface area contributed by atoms with Crippen LogP contribution in [0.25, 0.3) is 33.6 Å². The molecule has 0 aliphatic carbocycles. The molecule has 0 fully saturated rings. The van der Waals surface area contributed by atoms with Crippen molar-refractivity contribution >= 4 is 33.9 Å². The first-order valence-corrected chi connectivity index (χ1v) is 12.2. The molecule has 3 aromatic rings. The largest absolute Gasteiger partial charge is 0.399 e. The van der Waals surface area contributed by atoms with Gasteiger partial charge in [0.25, 0.3) is 0 Å². The number of nitrogens with two attached hydrogens (primary N) is 1. The minimum absolute atomic E-state index is 0.142. The van der Waals surface area contributed by atoms with E-state index in [4.69, 9.17) is 10.7 Å². The molecule has 0 saturated heterocycles. The predicted octanol–water partition coefficient (Wildman–Crippen LogP) is 6.61. The molecule has 0 amide bonds. The lowest BCUT2D eigenvalue weighted by Gasteiger charge is -2.42. The second-order valence-electron chi connectivity index (χ2n) is 9.97. The molecule has 3 rings (SSSR count). The number of hydrogen-bond donors (Lipinski definition) is 1. The van der Waals surface area contributed by atoms with Crippen LogP contribution in [0.4, 0.5) is 4.48 Å². The molecular weight excluding hydrogens is 453 g/mol. The summed E-state index contributed by atoms with van der Waals surface area (Å²) in [7, 11) is 0. The van der Waals surface area contributed by atoms with Crippen LogP contribution in [0.3, 0.4) is 0 Å². The topological polar surface area (TPSA) is 76.5 Å². The van der Waals surface area contributed by atoms with Gasteiger partial charge in [-0.25, -0.2) is 4.99 Å². The molecule has 7 heteroatoms. The standard InChI is InChI=1S/C29H36FN5O/c1-9-29(7,8)35(18(2)3)21(6)33-27(14-19(4)36)25-17-34(30)28-13-11-22(15-24(25)28)26-12-10-23(16-32-26)20(5)31/h10-18H,5,9,31H2,1-4,6-8H3/b27-14-,33-21?. The highest BCUT2D eigenvalue weighted by Crippen LogP contribution is 2.33. The zero-order valence-corrected chi connectivity index (χ0v) is 22.3. The third-order valence-corrected chi connectivity index (χ3v) is 6.47. The summed E-state index contributed by atoms with van der Waals surface area (Å²) in [5.74, 6) is 0.599. The van der Waals surface area contributed by atoms with E-state index < -0.39 is 0 Å². The third kappa shape index (κ3) is 5.56. The number of nitrogens with zero attached hydrogens (tertiary/aromatic N) is 4. The average Bonchev–Trinajstić information content (AvgIpc) is 3.13. The van der Waals surface area contributed by atoms with Gasteiger partial charge in [0.1, 0.15) is 5.84 Å². The van der Waals surface area contributed by atoms with Gasteiger partial charge in [0.15, 0.2) is 5.78 Å². The fraction of sp³-hybridized carbons (Fsp3) is 0.345. The Balaban J connectivity index is 2.18. The van der Waals surface area contributed by atoms with Gasteiger partial charge in [0.2, 0.25) is 0 Å². The van der Waals surface area contributed by atoms with Crippen LogP contribution < -0.4 is 5.73 Å². The Morgan fingerprint density at radius 3 is 2.50 bits per heavy atom. The zero-order chi connectivity index (χ0) is 26.8. The Bertz CT molecular complexity index is 1350. The van der Waals surface area contributed by atoms with Crippen LogP contribution in [-0.2, 0) is 4.79 Å². The lowest BCUT2D eigenvalue weighted by molar-refractivity contribution is -0.112. The molecular formula is C29H36FN5O. The lowest BCUT2D eigenvalue weighted by atomic mass is 9.97. The van der Waals surface area contributed by atoms with Crippen molar-refractivity contribution in [2.45, 2.75) is 66.5 Å². The van der Waals surface area contributed by atoms with Crippen molar-refractivity contribution in [2.24, 2.45) is 10.7 Å². The van der Waals surface area contributed by atoms with Gasteiger partial charge < -0.3 is 10.6 Å². The van der Waals surface area contributed by atoms with Crippen LogP contribution in [0.1, 0.15) is 66.0 Å². The molecule has 0 aliphatic rings. The minimum Gasteiger partial charge on any atom is -0.399 e. The summed E-state index contributed by atoms with van der Waals surface area (Å²) in [6, 6.07) is 9.27. The smallest absolute Gasteiger partial charge is 0.154 e. The summed E-state index contributed by atoms with van der Waals surface area (Å²) in [5, 5.41) is 0.638. The highest BCUT2D eigenvalue weighted by atomic mass is 19.2. The van der Waals surface area contributed by atoms with Crippen molar-refractivity contribution in [3.8, 4) is 11.3 Å². The van der Waals surface area contributed by atoms with Crippen molar-refractivity contribution in [1.29, 1.82) is 0 Å². The van der Waals surface area contributed by atoms with Gasteiger partial charge in [-0.2, -0.15) is 4.79 Å². The van der Waals surface area contributed by atoms with Gasteiger partial charge in [0.05, 0.1) is 16.9 Å². The van der Waals surface area contributed by atoms with Crippen LogP contribution >= 0.6 is 0 Å². The SMILES string of the molecule is C=C(N)c1ccc(-c2ccc3c(c2)c(/C(=C/C(C)=O)N=C(C)N(C(C)C)C(C)(C)CC)cn3F)nc1. The number of fused-ring (bicyclic) bond motifs is 1. The van der Waals surface area contributed by atoms with Gasteiger partial charge >= 0.3 is 0 Å². The maximum atomic E-state index is 15.0. The van der Waals surface area contributed by atoms with E-state index in [-0.39, 0.29) is 17.4 Å². The van der Waals surface area contributed by atoms with E-state index in [9.17, 15) is 9.28 Å². The zero-order valence-electron chi connectivity index (χ0n) is 22.3. The van der Waals surface area contributed by atoms with Crippen molar-refractivity contribution in [1.82, 2.24) is 14.7 Å². The molecule has 2 heterocycles. The van der Waals surface area contributed by atoms with Crippen LogP contribution in [0.2, 0.25) is 0 Å². The van der Waals surface area contributed by atoms with E-state index in [1.54, 1.807) is 12.3 Å². The molecule has 2 aromatic heterocycles. The van der Waals surface area contributed by atoms with Crippen molar-refractivity contribution < 1.29 is 9.28 Å². The maximum Gasteiger partial charge on any atom is 0.154 e. The normalized spacial score (nSPS) is 12.9. The van der Waals surface area contributed by atoms with E-state index in [0.717, 1.165) is 23.4 Å². The molecule has 0 bridgehead atoms. The minimum atomic E-state index is -0.164. The van der Waals surface area contributed by atoms with Gasteiger partial charge in [0, 0.05) is 57.8 Å². The number of rotatable bonds is 8. The van der Waals surface area contributed by atoms with Crippen LogP contribution in [0.5, 0.6) is 0 Å². The van der Waals surface area contributed by atoms with E-state index in [0.29, 0.717) is 38.3 Å². The van der Waals surface area contributed by atoms with Gasteiger partial charge in [-0.15, -0.1) is 0 Å². The monoisotopic (exact) mass is 489 g/mol. The van der Waals surface area contributed by atoms with Gasteiger partial charge in [-0.1, -0.05) is 24.1 Å². The lowest BCUT2D eigenvalue weighted by Crippen LogP contribution is -2.50. The number of pyridine rings is 1. The number of amidine groups is 1. The summed E-state index contributed by atoms with van der Waals surface area (Å²) in [5.41, 5.74) is 9.67. The summed E-state index contributed by atoms with van der Waals surface area (Å²) >= 11 is 0. The number of benzene rings is 1. The number of aliphatic imine (C=N–C) groups is 1. The molecule has 0 aliphatic heterocycles. The second kappa shape index (κ2) is 10.5. The van der Waals surface area contributed by atoms with Crippen LogP contribution in [0.15, 0.2) is 60.4 Å². The summed E-state index contributed by atoms with van der Waals surface area (Å²) in [4.78, 5) is 24.4. The Morgan fingerprint density at radius 2 is 1.97 bits per heavy atom. The molecule has 0 saturated carbocycles. The molecule has 0 unspecified atom stereocenters. The molecule has 190 valence electrons. The van der Waals surface area contributed by atoms with Gasteiger partial charge in [-0.05, 0) is 72.2 Å². The van der Waals surface area contributed by atoms with Crippen molar-refractivity contribution in [3.05, 3.63) is 66.5 Å². The van der Waals surface area contributed by atoms with E-state index in [1.165, 1.54) is 19.2 Å². The van der Waals surface area contributed by atoms with Gasteiger partial charge in [-0.3, -0.25) is 9.78 Å². The number of ketones is 1. The van der Waals surface area contributed by atoms with Crippen molar-refractivity contribution in [3.63, 3.8) is 0 Å². The number of halogens is 1. The second-order valence-corrected chi connectivity index (χ2v) is 9.97. The molecule has 2 N–H and O–H groups in total. The average molecular weight is 490 g/mol. The first-order valence-electron chi connectivity index (χ1n) is 12.2.